The molecule has 2 amide bonds. The van der Waals surface area contributed by atoms with E-state index >= 15 is 0 Å². The number of allylic oxidation sites excluding steroid dienone is 3. The van der Waals surface area contributed by atoms with E-state index in [1.165, 1.54) is 30.2 Å². The second-order valence-corrected chi connectivity index (χ2v) is 18.7. The second-order valence-electron chi connectivity index (χ2n) is 11.2. The van der Waals surface area contributed by atoms with Crippen molar-refractivity contribution < 1.29 is 42.3 Å². The van der Waals surface area contributed by atoms with Gasteiger partial charge in [0.25, 0.3) is 0 Å². The minimum Gasteiger partial charge on any atom is -0.801 e. The number of hydrogen-bond acceptors (Lipinski definition) is 11. The molecule has 1 heterocycles. The highest BCUT2D eigenvalue weighted by atomic mass is 32.7. The summed E-state index contributed by atoms with van der Waals surface area (Å²) in [6, 6.07) is 0. The molecule has 0 spiro atoms. The van der Waals surface area contributed by atoms with Crippen molar-refractivity contribution in [2.24, 2.45) is 0 Å². The van der Waals surface area contributed by atoms with Crippen LogP contribution >= 0.6 is 13.1 Å². The molecule has 0 saturated heterocycles. The number of nitrogens with zero attached hydrogens (tertiary/aromatic N) is 2. The maximum Gasteiger partial charge on any atom is 0.414 e. The zero-order valence-electron chi connectivity index (χ0n) is 26.1. The molecular weight excluding hydrogens is 634 g/mol. The molecule has 4 unspecified atom stereocenters. The van der Waals surface area contributed by atoms with Crippen molar-refractivity contribution in [3.05, 3.63) is 24.3 Å². The summed E-state index contributed by atoms with van der Waals surface area (Å²) in [5.41, 5.74) is -2.19. The summed E-state index contributed by atoms with van der Waals surface area (Å²) in [5, 5.41) is 0. The lowest BCUT2D eigenvalue weighted by Crippen LogP contribution is -2.48. The van der Waals surface area contributed by atoms with Gasteiger partial charge in [-0.2, -0.15) is 0 Å². The molecule has 15 heteroatoms. The van der Waals surface area contributed by atoms with Gasteiger partial charge in [0.2, 0.25) is 6.29 Å². The highest BCUT2D eigenvalue weighted by Gasteiger charge is 2.34. The number of carbonyl (C=O) groups is 2. The molecule has 1 aliphatic carbocycles. The van der Waals surface area contributed by atoms with Gasteiger partial charge in [-0.1, -0.05) is 43.5 Å². The average Bonchev–Trinajstić information content (AvgIpc) is 2.78. The van der Waals surface area contributed by atoms with Crippen molar-refractivity contribution in [3.63, 3.8) is 0 Å². The van der Waals surface area contributed by atoms with Crippen molar-refractivity contribution >= 4 is 49.3 Å². The van der Waals surface area contributed by atoms with Gasteiger partial charge in [-0.25, -0.2) is 9.59 Å². The van der Waals surface area contributed by atoms with E-state index in [2.05, 4.69) is 12.2 Å². The Hall–Kier alpha value is -0.910. The Kier molecular flexibility index (Phi) is 18.5. The van der Waals surface area contributed by atoms with Crippen LogP contribution in [-0.2, 0) is 51.9 Å². The summed E-state index contributed by atoms with van der Waals surface area (Å²) < 4.78 is 38.6. The fraction of sp³-hybridized carbons (Fsp3) is 0.786. The molecule has 0 saturated carbocycles. The molecule has 0 radical (unpaired) electrons. The highest BCUT2D eigenvalue weighted by Crippen LogP contribution is 2.44. The Labute approximate surface area is 269 Å². The van der Waals surface area contributed by atoms with Crippen LogP contribution in [0.2, 0.25) is 0 Å². The molecule has 252 valence electrons. The molecule has 0 fully saturated rings. The van der Waals surface area contributed by atoms with Gasteiger partial charge in [-0.3, -0.25) is 9.80 Å². The van der Waals surface area contributed by atoms with E-state index in [1.54, 1.807) is 34.7 Å². The minimum atomic E-state index is -3.14. The van der Waals surface area contributed by atoms with Gasteiger partial charge in [0.05, 0.1) is 13.2 Å². The number of amides is 2. The highest BCUT2D eigenvalue weighted by molar-refractivity contribution is 8.34. The van der Waals surface area contributed by atoms with Crippen molar-refractivity contribution in [2.75, 3.05) is 34.0 Å². The summed E-state index contributed by atoms with van der Waals surface area (Å²) in [6.45, 7) is 3.45. The summed E-state index contributed by atoms with van der Waals surface area (Å²) in [7, 11) is 3.08. The van der Waals surface area contributed by atoms with E-state index in [-0.39, 0.29) is 13.5 Å². The van der Waals surface area contributed by atoms with Gasteiger partial charge in [-0.05, 0) is 92.5 Å². The lowest BCUT2D eigenvalue weighted by atomic mass is 10.0. The molecule has 2 aliphatic rings. The Morgan fingerprint density at radius 2 is 1.37 bits per heavy atom. The number of hydrogen-bond donors (Lipinski definition) is 0. The zero-order chi connectivity index (χ0) is 32.2. The van der Waals surface area contributed by atoms with Crippen LogP contribution in [0.15, 0.2) is 24.3 Å². The van der Waals surface area contributed by atoms with E-state index in [0.717, 1.165) is 44.9 Å². The van der Waals surface area contributed by atoms with Crippen LogP contribution in [0.1, 0.15) is 86.5 Å². The number of ether oxygens (including phenoxy) is 3. The van der Waals surface area contributed by atoms with Crippen molar-refractivity contribution in [1.29, 1.82) is 0 Å². The molecule has 11 nitrogen and oxygen atoms in total. The normalized spacial score (nSPS) is 23.8. The summed E-state index contributed by atoms with van der Waals surface area (Å²) in [6.07, 6.45) is 13.5. The smallest absolute Gasteiger partial charge is 0.414 e. The molecular formula is C28H52N2O9P2S2-2. The second kappa shape index (κ2) is 18.9. The van der Waals surface area contributed by atoms with Crippen LogP contribution in [0.5, 0.6) is 0 Å². The first-order valence-electron chi connectivity index (χ1n) is 14.0. The Bertz CT molecular complexity index is 948. The third kappa shape index (κ3) is 18.0. The van der Waals surface area contributed by atoms with Gasteiger partial charge in [0.15, 0.2) is 0 Å². The van der Waals surface area contributed by atoms with Crippen LogP contribution < -0.4 is 4.89 Å². The molecule has 1 aliphatic heterocycles. The molecule has 2 rings (SSSR count). The largest absolute Gasteiger partial charge is 0.801 e. The van der Waals surface area contributed by atoms with E-state index < -0.39 is 43.0 Å². The van der Waals surface area contributed by atoms with Gasteiger partial charge in [0.1, 0.15) is 17.6 Å². The first-order chi connectivity index (χ1) is 19.2. The van der Waals surface area contributed by atoms with Crippen molar-refractivity contribution in [2.45, 2.75) is 110 Å². The van der Waals surface area contributed by atoms with E-state index in [9.17, 15) is 19.0 Å². The maximum absolute atomic E-state index is 12.2. The SMILES string of the molecule is C.CN(C(=O)OC1CC/C=C/CCC1)C(C)(C)OP(C)([O-])=S.CN(C(=O)OC1CC/C=C/CCO1)C(C)(C)OP(C)(=O)[S-]. The fourth-order valence-electron chi connectivity index (χ4n) is 3.94. The first kappa shape index (κ1) is 42.1. The monoisotopic (exact) mass is 686 g/mol. The Morgan fingerprint density at radius 1 is 0.884 bits per heavy atom. The minimum absolute atomic E-state index is 0. The summed E-state index contributed by atoms with van der Waals surface area (Å²) in [4.78, 5) is 38.5. The standard InChI is InChI=1S/C14H26NO4PS.C13H24NO5PS.CH4/c1-14(2,19-20(4,17)21)15(3)13(16)18-12-10-8-6-5-7-9-11-12;1-13(2,19-20(4,16)21)14(3)12(15)18-11-9-7-5-6-8-10-17-11;/h5-6,12H,7-11H2,1-4H3,(H,17,21);5-6,11H,7-10H2,1-4H3,(H,16,21);1H4/p-2/b2*6-5+;. The van der Waals surface area contributed by atoms with Gasteiger partial charge in [-0.15, -0.1) is 0 Å². The molecule has 0 aromatic carbocycles. The molecule has 0 aromatic rings. The molecule has 0 bridgehead atoms. The van der Waals surface area contributed by atoms with Gasteiger partial charge < -0.3 is 45.0 Å². The van der Waals surface area contributed by atoms with Crippen molar-refractivity contribution in [3.8, 4) is 0 Å². The van der Waals surface area contributed by atoms with Gasteiger partial charge in [0, 0.05) is 20.5 Å². The average molecular weight is 687 g/mol. The van der Waals surface area contributed by atoms with Crippen molar-refractivity contribution in [1.82, 2.24) is 9.80 Å². The topological polar surface area (TPSA) is 127 Å². The maximum atomic E-state index is 12.2. The third-order valence-electron chi connectivity index (χ3n) is 6.48. The number of rotatable bonds is 8. The Balaban J connectivity index is 0.000000802. The van der Waals surface area contributed by atoms with Crippen LogP contribution in [0, 0.1) is 0 Å². The Morgan fingerprint density at radius 3 is 1.93 bits per heavy atom. The first-order valence-corrected chi connectivity index (χ1v) is 20.2. The molecule has 0 aromatic heterocycles. The van der Waals surface area contributed by atoms with E-state index in [1.807, 2.05) is 12.2 Å². The predicted octanol–water partition coefficient (Wildman–Crippen LogP) is 6.89. The van der Waals surface area contributed by atoms with E-state index in [0.29, 0.717) is 13.0 Å². The van der Waals surface area contributed by atoms with E-state index in [4.69, 9.17) is 47.3 Å². The fourth-order valence-corrected chi connectivity index (χ4v) is 6.90. The number of carbonyl (C=O) groups excluding carboxylic acids is 2. The summed E-state index contributed by atoms with van der Waals surface area (Å²) >= 11 is 9.54. The quantitative estimate of drug-likeness (QED) is 0.115. The summed E-state index contributed by atoms with van der Waals surface area (Å²) in [5.74, 6) is 0. The lowest BCUT2D eigenvalue weighted by molar-refractivity contribution is -0.197. The zero-order valence-corrected chi connectivity index (χ0v) is 29.5. The van der Waals surface area contributed by atoms with Crippen LogP contribution in [0.25, 0.3) is 0 Å². The molecule has 43 heavy (non-hydrogen) atoms. The lowest BCUT2D eigenvalue weighted by Gasteiger charge is -2.40. The molecule has 0 N–H and O–H groups in total. The molecule has 4 atom stereocenters. The van der Waals surface area contributed by atoms with Crippen LogP contribution in [-0.4, -0.2) is 79.9 Å². The van der Waals surface area contributed by atoms with Crippen LogP contribution in [0.4, 0.5) is 9.59 Å². The van der Waals surface area contributed by atoms with Crippen LogP contribution in [0.3, 0.4) is 0 Å². The third-order valence-corrected chi connectivity index (χ3v) is 8.49. The van der Waals surface area contributed by atoms with Gasteiger partial charge >= 0.3 is 12.2 Å². The predicted molar refractivity (Wildman–Crippen MR) is 175 cm³/mol.